The number of thioether (sulfide) groups is 1. The fourth-order valence-electron chi connectivity index (χ4n) is 3.98. The Morgan fingerprint density at radius 1 is 1.19 bits per heavy atom. The summed E-state index contributed by atoms with van der Waals surface area (Å²) in [4.78, 5) is 27.4. The first-order valence-electron chi connectivity index (χ1n) is 10.7. The summed E-state index contributed by atoms with van der Waals surface area (Å²) in [5, 5.41) is 12.2. The van der Waals surface area contributed by atoms with Gasteiger partial charge in [0.25, 0.3) is 5.91 Å². The summed E-state index contributed by atoms with van der Waals surface area (Å²) in [6.07, 6.45) is 1.65. The van der Waals surface area contributed by atoms with Crippen LogP contribution in [0, 0.1) is 31.1 Å². The van der Waals surface area contributed by atoms with Crippen molar-refractivity contribution >= 4 is 23.6 Å². The molecule has 3 rings (SSSR count). The van der Waals surface area contributed by atoms with Gasteiger partial charge in [-0.05, 0) is 50.5 Å². The normalized spacial score (nSPS) is 15.9. The van der Waals surface area contributed by atoms with Gasteiger partial charge in [0.2, 0.25) is 5.91 Å². The summed E-state index contributed by atoms with van der Waals surface area (Å²) in [7, 11) is 0. The molecule has 1 unspecified atom stereocenters. The Morgan fingerprint density at radius 3 is 2.68 bits per heavy atom. The van der Waals surface area contributed by atoms with E-state index in [0.717, 1.165) is 41.0 Å². The fourth-order valence-corrected chi connectivity index (χ4v) is 4.85. The summed E-state index contributed by atoms with van der Waals surface area (Å²) in [6, 6.07) is 15.7. The third-order valence-electron chi connectivity index (χ3n) is 5.49. The Morgan fingerprint density at radius 2 is 1.94 bits per heavy atom. The number of hydrogen-bond donors (Lipinski definition) is 1. The summed E-state index contributed by atoms with van der Waals surface area (Å²) >= 11 is 1.70. The highest BCUT2D eigenvalue weighted by Crippen LogP contribution is 2.20. The Labute approximate surface area is 188 Å². The topological polar surface area (TPSA) is 73.2 Å². The number of hydrogen-bond acceptors (Lipinski definition) is 4. The lowest BCUT2D eigenvalue weighted by atomic mass is 9.96. The van der Waals surface area contributed by atoms with E-state index in [0.29, 0.717) is 30.8 Å². The van der Waals surface area contributed by atoms with Crippen LogP contribution in [0.25, 0.3) is 0 Å². The molecule has 0 aromatic heterocycles. The van der Waals surface area contributed by atoms with Crippen LogP contribution in [0.1, 0.15) is 45.5 Å². The molecule has 0 spiro atoms. The minimum absolute atomic E-state index is 0.0102. The predicted molar refractivity (Wildman–Crippen MR) is 125 cm³/mol. The molecule has 31 heavy (non-hydrogen) atoms. The number of rotatable bonds is 7. The molecule has 162 valence electrons. The highest BCUT2D eigenvalue weighted by molar-refractivity contribution is 7.98. The Hall–Kier alpha value is -2.78. The molecule has 1 N–H and O–H groups in total. The van der Waals surface area contributed by atoms with Crippen LogP contribution in [-0.4, -0.2) is 42.1 Å². The van der Waals surface area contributed by atoms with Gasteiger partial charge in [-0.25, -0.2) is 0 Å². The van der Waals surface area contributed by atoms with Crippen molar-refractivity contribution in [2.24, 2.45) is 5.92 Å². The molecule has 6 heteroatoms. The molecule has 0 saturated carbocycles. The third-order valence-corrected chi connectivity index (χ3v) is 6.50. The number of nitrogens with zero attached hydrogens (tertiary/aromatic N) is 2. The van der Waals surface area contributed by atoms with E-state index < -0.39 is 0 Å². The molecule has 1 heterocycles. The lowest BCUT2D eigenvalue weighted by Crippen LogP contribution is -2.45. The molecule has 0 aliphatic carbocycles. The molecule has 1 fully saturated rings. The maximum absolute atomic E-state index is 12.9. The summed E-state index contributed by atoms with van der Waals surface area (Å²) in [5.74, 6) is 1.41. The number of nitriles is 1. The largest absolute Gasteiger partial charge is 0.355 e. The van der Waals surface area contributed by atoms with Crippen molar-refractivity contribution in [1.29, 1.82) is 5.26 Å². The van der Waals surface area contributed by atoms with Crippen LogP contribution in [0.2, 0.25) is 0 Å². The molecule has 5 nitrogen and oxygen atoms in total. The first kappa shape index (κ1) is 22.9. The monoisotopic (exact) mass is 435 g/mol. The molecule has 1 aliphatic rings. The Kier molecular flexibility index (Phi) is 8.13. The van der Waals surface area contributed by atoms with Crippen LogP contribution in [-0.2, 0) is 10.5 Å². The number of nitrogens with one attached hydrogen (secondary N) is 1. The maximum Gasteiger partial charge on any atom is 0.253 e. The quantitative estimate of drug-likeness (QED) is 0.665. The Bertz CT molecular complexity index is 963. The van der Waals surface area contributed by atoms with E-state index in [4.69, 9.17) is 5.26 Å². The molecule has 0 radical (unpaired) electrons. The standard InChI is InChI=1S/C25H29N3O2S/c1-18-12-19(2)14-23(13-18)25(30)28-10-5-8-21(16-28)24(29)27-9-11-31-17-22-7-4-3-6-20(22)15-26/h3-4,6-7,12-14,21H,5,8-11,16-17H2,1-2H3,(H,27,29). The van der Waals surface area contributed by atoms with Gasteiger partial charge in [-0.1, -0.05) is 35.4 Å². The van der Waals surface area contributed by atoms with Gasteiger partial charge in [-0.15, -0.1) is 0 Å². The van der Waals surface area contributed by atoms with E-state index in [1.807, 2.05) is 55.1 Å². The first-order chi connectivity index (χ1) is 15.0. The van der Waals surface area contributed by atoms with Crippen molar-refractivity contribution in [2.45, 2.75) is 32.4 Å². The van der Waals surface area contributed by atoms with Crippen LogP contribution in [0.15, 0.2) is 42.5 Å². The van der Waals surface area contributed by atoms with Crippen LogP contribution in [0.5, 0.6) is 0 Å². The number of amides is 2. The highest BCUT2D eigenvalue weighted by Gasteiger charge is 2.28. The van der Waals surface area contributed by atoms with Crippen molar-refractivity contribution < 1.29 is 9.59 Å². The fraction of sp³-hybridized carbons (Fsp3) is 0.400. The molecule has 2 aromatic rings. The molecular formula is C25H29N3O2S. The minimum atomic E-state index is -0.159. The van der Waals surface area contributed by atoms with Crippen molar-refractivity contribution in [1.82, 2.24) is 10.2 Å². The molecule has 1 saturated heterocycles. The van der Waals surface area contributed by atoms with Gasteiger partial charge >= 0.3 is 0 Å². The number of carbonyl (C=O) groups is 2. The van der Waals surface area contributed by atoms with Crippen LogP contribution < -0.4 is 5.32 Å². The van der Waals surface area contributed by atoms with E-state index >= 15 is 0 Å². The minimum Gasteiger partial charge on any atom is -0.355 e. The van der Waals surface area contributed by atoms with Crippen molar-refractivity contribution in [3.05, 3.63) is 70.3 Å². The first-order valence-corrected chi connectivity index (χ1v) is 11.8. The van der Waals surface area contributed by atoms with Gasteiger partial charge in [0.15, 0.2) is 0 Å². The molecule has 1 atom stereocenters. The number of aryl methyl sites for hydroxylation is 2. The summed E-state index contributed by atoms with van der Waals surface area (Å²) < 4.78 is 0. The Balaban J connectivity index is 1.45. The molecule has 2 amide bonds. The van der Waals surface area contributed by atoms with E-state index in [1.165, 1.54) is 0 Å². The van der Waals surface area contributed by atoms with Crippen molar-refractivity contribution in [2.75, 3.05) is 25.4 Å². The lowest BCUT2D eigenvalue weighted by molar-refractivity contribution is -0.126. The molecule has 2 aromatic carbocycles. The smallest absolute Gasteiger partial charge is 0.253 e. The van der Waals surface area contributed by atoms with Gasteiger partial charge in [0, 0.05) is 36.7 Å². The van der Waals surface area contributed by atoms with Crippen molar-refractivity contribution in [3.63, 3.8) is 0 Å². The predicted octanol–water partition coefficient (Wildman–Crippen LogP) is 4.08. The SMILES string of the molecule is Cc1cc(C)cc(C(=O)N2CCCC(C(=O)NCCSCc3ccccc3C#N)C2)c1. The van der Waals surface area contributed by atoms with Gasteiger partial charge in [-0.2, -0.15) is 17.0 Å². The zero-order valence-electron chi connectivity index (χ0n) is 18.2. The molecule has 1 aliphatic heterocycles. The van der Waals surface area contributed by atoms with Crippen LogP contribution in [0.4, 0.5) is 0 Å². The third kappa shape index (κ3) is 6.35. The van der Waals surface area contributed by atoms with E-state index in [9.17, 15) is 9.59 Å². The number of benzene rings is 2. The average Bonchev–Trinajstić information content (AvgIpc) is 2.78. The van der Waals surface area contributed by atoms with Crippen molar-refractivity contribution in [3.8, 4) is 6.07 Å². The number of piperidine rings is 1. The second-order valence-electron chi connectivity index (χ2n) is 8.08. The zero-order chi connectivity index (χ0) is 22.2. The second-order valence-corrected chi connectivity index (χ2v) is 9.18. The highest BCUT2D eigenvalue weighted by atomic mass is 32.2. The van der Waals surface area contributed by atoms with E-state index in [1.54, 1.807) is 11.8 Å². The maximum atomic E-state index is 12.9. The van der Waals surface area contributed by atoms with Gasteiger partial charge in [-0.3, -0.25) is 9.59 Å². The van der Waals surface area contributed by atoms with Gasteiger partial charge < -0.3 is 10.2 Å². The molecular weight excluding hydrogens is 406 g/mol. The van der Waals surface area contributed by atoms with Crippen LogP contribution in [0.3, 0.4) is 0 Å². The average molecular weight is 436 g/mol. The van der Waals surface area contributed by atoms with Gasteiger partial charge in [0.1, 0.15) is 0 Å². The van der Waals surface area contributed by atoms with E-state index in [-0.39, 0.29) is 17.7 Å². The zero-order valence-corrected chi connectivity index (χ0v) is 19.0. The number of carbonyl (C=O) groups excluding carboxylic acids is 2. The molecule has 0 bridgehead atoms. The number of likely N-dealkylation sites (tertiary alicyclic amines) is 1. The second kappa shape index (κ2) is 11.0. The summed E-state index contributed by atoms with van der Waals surface area (Å²) in [5.41, 5.74) is 4.57. The van der Waals surface area contributed by atoms with Crippen LogP contribution >= 0.6 is 11.8 Å². The van der Waals surface area contributed by atoms with E-state index in [2.05, 4.69) is 17.5 Å². The van der Waals surface area contributed by atoms with Gasteiger partial charge in [0.05, 0.1) is 17.6 Å². The summed E-state index contributed by atoms with van der Waals surface area (Å²) in [6.45, 7) is 5.74. The lowest BCUT2D eigenvalue weighted by Gasteiger charge is -2.32.